The van der Waals surface area contributed by atoms with Gasteiger partial charge in [-0.25, -0.2) is 15.0 Å². The molecule has 0 fully saturated rings. The first-order valence-electron chi connectivity index (χ1n) is 8.83. The summed E-state index contributed by atoms with van der Waals surface area (Å²) >= 11 is 16.2. The molecule has 4 nitrogen and oxygen atoms in total. The second-order valence-corrected chi connectivity index (χ2v) is 9.08. The van der Waals surface area contributed by atoms with Gasteiger partial charge in [-0.15, -0.1) is 11.3 Å². The highest BCUT2D eigenvalue weighted by atomic mass is 35.5. The average Bonchev–Trinajstić information content (AvgIpc) is 3.17. The third kappa shape index (κ3) is 3.40. The Hall–Kier alpha value is -2.12. The van der Waals surface area contributed by atoms with Gasteiger partial charge >= 0.3 is 0 Å². The Morgan fingerprint density at radius 2 is 1.83 bits per heavy atom. The van der Waals surface area contributed by atoms with Gasteiger partial charge in [0.25, 0.3) is 0 Å². The Balaban J connectivity index is 1.72. The molecule has 1 aliphatic rings. The van der Waals surface area contributed by atoms with Crippen LogP contribution in [0.25, 0.3) is 15.8 Å². The lowest BCUT2D eigenvalue weighted by Crippen LogP contribution is -2.23. The van der Waals surface area contributed by atoms with Crippen molar-refractivity contribution >= 4 is 67.8 Å². The van der Waals surface area contributed by atoms with Crippen LogP contribution in [0, 0.1) is 0 Å². The van der Waals surface area contributed by atoms with Crippen molar-refractivity contribution in [3.63, 3.8) is 0 Å². The van der Waals surface area contributed by atoms with E-state index < -0.39 is 0 Å². The van der Waals surface area contributed by atoms with Crippen LogP contribution < -0.4 is 4.90 Å². The first kappa shape index (κ1) is 18.9. The summed E-state index contributed by atoms with van der Waals surface area (Å²) in [6.45, 7) is 0.585. The van der Waals surface area contributed by atoms with E-state index in [2.05, 4.69) is 16.0 Å². The fourth-order valence-electron chi connectivity index (χ4n) is 3.33. The molecule has 29 heavy (non-hydrogen) atoms. The quantitative estimate of drug-likeness (QED) is 0.259. The molecule has 2 aromatic carbocycles. The number of thiazole rings is 1. The molecule has 8 heteroatoms. The zero-order valence-electron chi connectivity index (χ0n) is 15.3. The van der Waals surface area contributed by atoms with Crippen LogP contribution in [0.5, 0.6) is 0 Å². The molecule has 1 aliphatic heterocycles. The number of aromatic nitrogens is 3. The van der Waals surface area contributed by atoms with Crippen molar-refractivity contribution < 1.29 is 0 Å². The number of para-hydroxylation sites is 2. The molecule has 0 aliphatic carbocycles. The van der Waals surface area contributed by atoms with Crippen LogP contribution >= 0.6 is 46.3 Å². The summed E-state index contributed by atoms with van der Waals surface area (Å²) in [7, 11) is 0. The van der Waals surface area contributed by atoms with E-state index in [9.17, 15) is 0 Å². The van der Waals surface area contributed by atoms with Gasteiger partial charge in [0.15, 0.2) is 5.16 Å². The predicted molar refractivity (Wildman–Crippen MR) is 123 cm³/mol. The number of fused-ring (bicyclic) bond motifs is 2. The highest BCUT2D eigenvalue weighted by Crippen LogP contribution is 2.41. The third-order valence-corrected chi connectivity index (χ3v) is 6.90. The number of hydrogen-bond acceptors (Lipinski definition) is 6. The normalized spacial score (nSPS) is 13.5. The minimum absolute atomic E-state index is 0.585. The Morgan fingerprint density at radius 3 is 2.59 bits per heavy atom. The van der Waals surface area contributed by atoms with Crippen LogP contribution in [0.1, 0.15) is 16.3 Å². The van der Waals surface area contributed by atoms with Crippen molar-refractivity contribution in [3.05, 3.63) is 81.2 Å². The molecule has 0 bridgehead atoms. The Bertz CT molecular complexity index is 1220. The molecule has 0 saturated heterocycles. The van der Waals surface area contributed by atoms with E-state index in [1.54, 1.807) is 11.3 Å². The lowest BCUT2D eigenvalue weighted by Gasteiger charge is -2.29. The molecule has 3 heterocycles. The van der Waals surface area contributed by atoms with Crippen molar-refractivity contribution in [3.8, 4) is 0 Å². The monoisotopic (exact) mass is 456 g/mol. The molecular weight excluding hydrogens is 443 g/mol. The van der Waals surface area contributed by atoms with E-state index in [1.165, 1.54) is 11.8 Å². The maximum atomic E-state index is 6.49. The summed E-state index contributed by atoms with van der Waals surface area (Å²) in [5, 5.41) is 2.84. The summed E-state index contributed by atoms with van der Waals surface area (Å²) in [5.74, 6) is 0. The van der Waals surface area contributed by atoms with E-state index in [0.717, 1.165) is 42.9 Å². The molecule has 2 aromatic heterocycles. The maximum Gasteiger partial charge on any atom is 0.187 e. The van der Waals surface area contributed by atoms with Crippen LogP contribution in [0.3, 0.4) is 0 Å². The highest BCUT2D eigenvalue weighted by Gasteiger charge is 2.26. The number of halogens is 2. The molecule has 0 unspecified atom stereocenters. The van der Waals surface area contributed by atoms with Gasteiger partial charge in [0, 0.05) is 18.0 Å². The van der Waals surface area contributed by atoms with Crippen molar-refractivity contribution in [2.75, 3.05) is 11.2 Å². The molecule has 0 saturated carbocycles. The van der Waals surface area contributed by atoms with Gasteiger partial charge in [0.2, 0.25) is 0 Å². The molecule has 0 N–H and O–H groups in total. The molecule has 0 atom stereocenters. The lowest BCUT2D eigenvalue weighted by atomic mass is 10.0. The SMILES string of the molecule is CSc1ncc2c(n1)C(c1nc3ccccc3s1)=CN(c1c(Cl)cccc1Cl)C2. The summed E-state index contributed by atoms with van der Waals surface area (Å²) in [4.78, 5) is 16.2. The Labute approximate surface area is 186 Å². The van der Waals surface area contributed by atoms with Gasteiger partial charge < -0.3 is 4.90 Å². The van der Waals surface area contributed by atoms with Crippen LogP contribution in [-0.2, 0) is 6.54 Å². The number of anilines is 1. The number of benzene rings is 2. The topological polar surface area (TPSA) is 41.9 Å². The van der Waals surface area contributed by atoms with Gasteiger partial charge in [0.05, 0.1) is 43.8 Å². The second-order valence-electron chi connectivity index (χ2n) is 6.46. The van der Waals surface area contributed by atoms with Crippen molar-refractivity contribution in [1.29, 1.82) is 0 Å². The van der Waals surface area contributed by atoms with Crippen molar-refractivity contribution in [2.45, 2.75) is 11.7 Å². The van der Waals surface area contributed by atoms with E-state index in [4.69, 9.17) is 33.2 Å². The fourth-order valence-corrected chi connectivity index (χ4v) is 5.27. The minimum Gasteiger partial charge on any atom is -0.340 e. The minimum atomic E-state index is 0.585. The van der Waals surface area contributed by atoms with Crippen molar-refractivity contribution in [2.24, 2.45) is 0 Å². The molecule has 0 spiro atoms. The van der Waals surface area contributed by atoms with Gasteiger partial charge in [-0.1, -0.05) is 53.2 Å². The highest BCUT2D eigenvalue weighted by molar-refractivity contribution is 7.98. The average molecular weight is 457 g/mol. The standard InChI is InChI=1S/C21H14Cl2N4S2/c1-28-21-24-9-12-10-27(19-14(22)5-4-6-15(19)23)11-13(18(12)26-21)20-25-16-7-2-3-8-17(16)29-20/h2-9,11H,10H2,1H3. The summed E-state index contributed by atoms with van der Waals surface area (Å²) < 4.78 is 1.14. The summed E-state index contributed by atoms with van der Waals surface area (Å²) in [5.41, 5.74) is 4.61. The van der Waals surface area contributed by atoms with Crippen LogP contribution in [0.15, 0.2) is 60.0 Å². The molecule has 4 aromatic rings. The lowest BCUT2D eigenvalue weighted by molar-refractivity contribution is 0.861. The zero-order valence-corrected chi connectivity index (χ0v) is 18.4. The van der Waals surface area contributed by atoms with E-state index in [1.807, 2.05) is 55.1 Å². The predicted octanol–water partition coefficient (Wildman–Crippen LogP) is 6.52. The molecule has 0 amide bonds. The maximum absolute atomic E-state index is 6.49. The number of hydrogen-bond donors (Lipinski definition) is 0. The molecule has 144 valence electrons. The number of thioether (sulfide) groups is 1. The third-order valence-electron chi connectivity index (χ3n) is 4.65. The zero-order chi connectivity index (χ0) is 20.0. The van der Waals surface area contributed by atoms with Crippen LogP contribution in [0.2, 0.25) is 10.0 Å². The first-order valence-corrected chi connectivity index (χ1v) is 11.6. The van der Waals surface area contributed by atoms with Crippen LogP contribution in [0.4, 0.5) is 5.69 Å². The van der Waals surface area contributed by atoms with Gasteiger partial charge in [0.1, 0.15) is 5.01 Å². The molecule has 5 rings (SSSR count). The van der Waals surface area contributed by atoms with E-state index >= 15 is 0 Å². The molecule has 0 radical (unpaired) electrons. The van der Waals surface area contributed by atoms with E-state index in [-0.39, 0.29) is 0 Å². The summed E-state index contributed by atoms with van der Waals surface area (Å²) in [6, 6.07) is 13.7. The van der Waals surface area contributed by atoms with Crippen LogP contribution in [-0.4, -0.2) is 21.2 Å². The first-order chi connectivity index (χ1) is 14.1. The molecular formula is C21H14Cl2N4S2. The summed E-state index contributed by atoms with van der Waals surface area (Å²) in [6.07, 6.45) is 5.90. The fraction of sp³-hybridized carbons (Fsp3) is 0.0952. The Morgan fingerprint density at radius 1 is 1.03 bits per heavy atom. The van der Waals surface area contributed by atoms with Gasteiger partial charge in [-0.05, 0) is 30.5 Å². The van der Waals surface area contributed by atoms with Crippen molar-refractivity contribution in [1.82, 2.24) is 15.0 Å². The Kier molecular flexibility index (Phi) is 4.95. The second kappa shape index (κ2) is 7.61. The van der Waals surface area contributed by atoms with E-state index in [0.29, 0.717) is 16.6 Å². The number of rotatable bonds is 3. The van der Waals surface area contributed by atoms with Gasteiger partial charge in [-0.3, -0.25) is 0 Å². The number of nitrogens with zero attached hydrogens (tertiary/aromatic N) is 4. The largest absolute Gasteiger partial charge is 0.340 e. The smallest absolute Gasteiger partial charge is 0.187 e. The van der Waals surface area contributed by atoms with Gasteiger partial charge in [-0.2, -0.15) is 0 Å².